The summed E-state index contributed by atoms with van der Waals surface area (Å²) in [6.07, 6.45) is 2.39. The number of pyridine rings is 1. The first kappa shape index (κ1) is 27.5. The highest BCUT2D eigenvalue weighted by Crippen LogP contribution is 2.38. The van der Waals surface area contributed by atoms with Gasteiger partial charge in [0.25, 0.3) is 5.91 Å². The molecule has 1 amide bonds. The molecule has 0 aromatic carbocycles. The number of alkyl halides is 3. The molecule has 1 aliphatic carbocycles. The zero-order valence-electron chi connectivity index (χ0n) is 20.2. The lowest BCUT2D eigenvalue weighted by Crippen LogP contribution is -2.29. The quantitative estimate of drug-likeness (QED) is 0.367. The first-order chi connectivity index (χ1) is 17.5. The maximum atomic E-state index is 13.4. The van der Waals surface area contributed by atoms with E-state index in [1.807, 2.05) is 6.92 Å². The second-order valence-electron chi connectivity index (χ2n) is 8.77. The lowest BCUT2D eigenvalue weighted by molar-refractivity contribution is -0.138. The van der Waals surface area contributed by atoms with Crippen molar-refractivity contribution < 1.29 is 31.1 Å². The van der Waals surface area contributed by atoms with Crippen molar-refractivity contribution in [2.45, 2.75) is 45.8 Å². The van der Waals surface area contributed by atoms with Gasteiger partial charge in [-0.2, -0.15) is 18.3 Å². The van der Waals surface area contributed by atoms with E-state index in [2.05, 4.69) is 15.4 Å². The first-order valence-electron chi connectivity index (χ1n) is 11.7. The number of amides is 1. The monoisotopic (exact) mass is 650 g/mol. The molecule has 3 heterocycles. The van der Waals surface area contributed by atoms with Crippen LogP contribution < -0.4 is 10.1 Å². The number of halogens is 4. The van der Waals surface area contributed by atoms with E-state index < -0.39 is 54.1 Å². The van der Waals surface area contributed by atoms with Crippen LogP contribution in [0, 0.1) is 12.8 Å². The van der Waals surface area contributed by atoms with Crippen LogP contribution in [-0.4, -0.2) is 44.9 Å². The van der Waals surface area contributed by atoms with Crippen LogP contribution in [-0.2, 0) is 22.6 Å². The molecule has 1 aliphatic heterocycles. The molecule has 0 unspecified atom stereocenters. The second kappa shape index (κ2) is 11.1. The molecule has 2 aromatic rings. The summed E-state index contributed by atoms with van der Waals surface area (Å²) < 4.78 is 74.7. The van der Waals surface area contributed by atoms with Gasteiger partial charge in [-0.3, -0.25) is 4.79 Å². The number of rotatable bonds is 10. The van der Waals surface area contributed by atoms with Crippen molar-refractivity contribution >= 4 is 40.0 Å². The van der Waals surface area contributed by atoms with Gasteiger partial charge in [-0.15, -0.1) is 0 Å². The number of carbonyl (C=O) groups is 1. The van der Waals surface area contributed by atoms with Crippen LogP contribution in [0.5, 0.6) is 11.8 Å². The summed E-state index contributed by atoms with van der Waals surface area (Å²) in [5, 5.41) is 7.07. The van der Waals surface area contributed by atoms with Gasteiger partial charge in [0.2, 0.25) is 11.8 Å². The lowest BCUT2D eigenvalue weighted by atomic mass is 10.2. The summed E-state index contributed by atoms with van der Waals surface area (Å²) in [4.78, 5) is 17.0. The molecule has 13 heteroatoms. The van der Waals surface area contributed by atoms with Gasteiger partial charge in [-0.25, -0.2) is 18.1 Å². The number of nitrogens with zero attached hydrogens (tertiary/aromatic N) is 3. The molecular formula is C24H26F3IN4O4S. The largest absolute Gasteiger partial charge is 0.421 e. The third-order valence-electron chi connectivity index (χ3n) is 5.71. The van der Waals surface area contributed by atoms with Crippen LogP contribution in [0.25, 0.3) is 0 Å². The van der Waals surface area contributed by atoms with Crippen LogP contribution >= 0.6 is 20.7 Å². The van der Waals surface area contributed by atoms with Crippen molar-refractivity contribution in [2.75, 3.05) is 12.3 Å². The van der Waals surface area contributed by atoms with Gasteiger partial charge in [0.15, 0.2) is 15.5 Å². The van der Waals surface area contributed by atoms with Gasteiger partial charge in [0.05, 0.1) is 10.7 Å². The van der Waals surface area contributed by atoms with Gasteiger partial charge in [-0.1, -0.05) is 33.7 Å². The predicted molar refractivity (Wildman–Crippen MR) is 142 cm³/mol. The summed E-state index contributed by atoms with van der Waals surface area (Å²) in [6.45, 7) is 3.96. The molecule has 0 atom stereocenters. The fraction of sp³-hybridized carbons (Fsp3) is 0.417. The van der Waals surface area contributed by atoms with Gasteiger partial charge < -0.3 is 10.1 Å². The molecule has 200 valence electrons. The lowest BCUT2D eigenvalue weighted by Gasteiger charge is -2.13. The second-order valence-corrected chi connectivity index (χ2v) is 13.4. The third-order valence-corrected chi connectivity index (χ3v) is 10.5. The zero-order valence-corrected chi connectivity index (χ0v) is 23.2. The molecule has 0 bridgehead atoms. The van der Waals surface area contributed by atoms with Crippen LogP contribution in [0.2, 0.25) is 0 Å². The highest BCUT2D eigenvalue weighted by atomic mass is 127. The molecule has 8 nitrogen and oxygen atoms in total. The van der Waals surface area contributed by atoms with E-state index in [9.17, 15) is 26.4 Å². The molecule has 2 aromatic heterocycles. The van der Waals surface area contributed by atoms with Crippen molar-refractivity contribution in [3.05, 3.63) is 56.3 Å². The Labute approximate surface area is 222 Å². The minimum Gasteiger partial charge on any atom is -0.420 e. The summed E-state index contributed by atoms with van der Waals surface area (Å²) in [7, 11) is -3.27. The van der Waals surface area contributed by atoms with Crippen molar-refractivity contribution in [3.8, 4) is 11.8 Å². The summed E-state index contributed by atoms with van der Waals surface area (Å²) in [5.41, 5.74) is -0.702. The Kier molecular flexibility index (Phi) is 8.21. The molecule has 37 heavy (non-hydrogen) atoms. The number of carbonyl (C=O) groups excluding carboxylic acids is 1. The van der Waals surface area contributed by atoms with Crippen LogP contribution in [0.1, 0.15) is 47.8 Å². The Bertz CT molecular complexity index is 1390. The van der Waals surface area contributed by atoms with Gasteiger partial charge in [-0.05, 0) is 54.4 Å². The molecule has 1 fully saturated rings. The smallest absolute Gasteiger partial charge is 0.420 e. The molecule has 0 spiro atoms. The van der Waals surface area contributed by atoms with Gasteiger partial charge in [0, 0.05) is 28.4 Å². The topological polar surface area (TPSA) is 103 Å². The number of nitrogens with one attached hydrogen (secondary N) is 1. The Morgan fingerprint density at radius 3 is 2.68 bits per heavy atom. The molecule has 0 saturated heterocycles. The fourth-order valence-corrected chi connectivity index (χ4v) is 8.33. The van der Waals surface area contributed by atoms with E-state index in [0.29, 0.717) is 17.9 Å². The van der Waals surface area contributed by atoms with E-state index in [-0.39, 0.29) is 35.4 Å². The van der Waals surface area contributed by atoms with Crippen molar-refractivity contribution in [1.82, 2.24) is 20.1 Å². The van der Waals surface area contributed by atoms with E-state index >= 15 is 0 Å². The van der Waals surface area contributed by atoms with Gasteiger partial charge >= 0.3 is 6.18 Å². The number of allylic oxidation sites excluding steroid dienone is 1. The van der Waals surface area contributed by atoms with Gasteiger partial charge in [0.1, 0.15) is 5.56 Å². The average molecular weight is 650 g/mol. The number of hydrogen-bond acceptors (Lipinski definition) is 6. The van der Waals surface area contributed by atoms with Crippen molar-refractivity contribution in [3.63, 3.8) is 0 Å². The van der Waals surface area contributed by atoms with Crippen molar-refractivity contribution in [1.29, 1.82) is 0 Å². The maximum absolute atomic E-state index is 13.4. The molecule has 1 N–H and O–H groups in total. The highest BCUT2D eigenvalue weighted by molar-refractivity contribution is 14.2. The molecular weight excluding hydrogens is 624 g/mol. The predicted octanol–water partition coefficient (Wildman–Crippen LogP) is 4.92. The van der Waals surface area contributed by atoms with E-state index in [1.54, 1.807) is 23.2 Å². The number of aryl methyl sites for hydroxylation is 1. The number of aromatic nitrogens is 3. The number of sulfone groups is 1. The van der Waals surface area contributed by atoms with Crippen molar-refractivity contribution in [2.24, 2.45) is 5.92 Å². The Balaban J connectivity index is 1.49. The maximum Gasteiger partial charge on any atom is 0.421 e. The van der Waals surface area contributed by atoms with E-state index in [4.69, 9.17) is 4.74 Å². The van der Waals surface area contributed by atoms with Crippen LogP contribution in [0.15, 0.2) is 39.5 Å². The molecule has 2 aliphatic rings. The van der Waals surface area contributed by atoms with E-state index in [0.717, 1.165) is 22.4 Å². The molecule has 4 rings (SSSR count). The van der Waals surface area contributed by atoms with Crippen LogP contribution in [0.4, 0.5) is 13.2 Å². The molecule has 1 saturated carbocycles. The highest BCUT2D eigenvalue weighted by Gasteiger charge is 2.36. The summed E-state index contributed by atoms with van der Waals surface area (Å²) >= 11 is -0.720. The average Bonchev–Trinajstić information content (AvgIpc) is 3.61. The summed E-state index contributed by atoms with van der Waals surface area (Å²) in [6, 6.07) is 2.05. The van der Waals surface area contributed by atoms with E-state index in [1.165, 1.54) is 16.9 Å². The van der Waals surface area contributed by atoms with Crippen LogP contribution in [0.3, 0.4) is 0 Å². The molecule has 0 radical (unpaired) electrons. The Hall–Kier alpha value is -2.55. The first-order valence-corrected chi connectivity index (χ1v) is 15.6. The normalized spacial score (nSPS) is 16.0. The fourth-order valence-electron chi connectivity index (χ4n) is 3.60. The third kappa shape index (κ3) is 6.67. The standard InChI is InChI=1S/C24H26F3IN4O4S/c1-3-11-32-23(36-22-19(24(25,26)27)5-4-10-29-22)15(2)20(31-32)21(33)30-13-17-8-9-18(12-28-17)37(34,35)14-16-6-7-16/h4-5,8-10,12,16H,3,6-7,11,13-14H2,1-2H3,(H,30,33). The Morgan fingerprint density at radius 2 is 2.05 bits per heavy atom. The summed E-state index contributed by atoms with van der Waals surface area (Å²) in [5.74, 6) is -0.650. The number of hydrogen-bond donors (Lipinski definition) is 1. The SMILES string of the molecule is CCCn1nc(C(=O)NCC2=IC=C(S(=O)(=O)CC3CC3)C=C2)c(C)c1Oc1ncccc1C(F)(F)F. The minimum atomic E-state index is -4.66. The number of ether oxygens (including phenoxy) is 1. The zero-order chi connectivity index (χ0) is 26.8. The minimum absolute atomic E-state index is 0.0160. The Morgan fingerprint density at radius 1 is 1.30 bits per heavy atom.